The molecule has 0 aromatic rings. The van der Waals surface area contributed by atoms with E-state index in [0.29, 0.717) is 17.4 Å². The number of aliphatic hydroxyl groups is 1. The fraction of sp³-hybridized carbons (Fsp3) is 0.569. The fourth-order valence-corrected chi connectivity index (χ4v) is 6.98. The van der Waals surface area contributed by atoms with Crippen molar-refractivity contribution in [2.45, 2.75) is 174 Å². The molecule has 0 aromatic carbocycles. The van der Waals surface area contributed by atoms with Gasteiger partial charge in [0, 0.05) is 6.42 Å². The molecule has 0 fully saturated rings. The van der Waals surface area contributed by atoms with Crippen LogP contribution in [0.2, 0.25) is 0 Å². The van der Waals surface area contributed by atoms with Crippen molar-refractivity contribution in [3.8, 4) is 0 Å². The number of hydrogen-bond donors (Lipinski definition) is 3. The number of unbranched alkanes of at least 4 members (excludes halogenated alkanes) is 9. The number of phosphoric ester groups is 1. The van der Waals surface area contributed by atoms with Gasteiger partial charge in [-0.1, -0.05) is 198 Å². The zero-order valence-corrected chi connectivity index (χ0v) is 43.7. The van der Waals surface area contributed by atoms with Crippen LogP contribution >= 0.6 is 7.82 Å². The first-order valence-electron chi connectivity index (χ1n) is 25.7. The Bertz CT molecular complexity index is 1590. The lowest BCUT2D eigenvalue weighted by Gasteiger charge is -2.25. The molecule has 0 saturated heterocycles. The Kier molecular flexibility index (Phi) is 44.9. The van der Waals surface area contributed by atoms with Crippen LogP contribution in [-0.4, -0.2) is 73.4 Å². The molecule has 3 atom stereocenters. The maximum absolute atomic E-state index is 12.9. The molecule has 0 aliphatic carbocycles. The van der Waals surface area contributed by atoms with E-state index in [1.807, 2.05) is 27.2 Å². The van der Waals surface area contributed by atoms with Crippen molar-refractivity contribution >= 4 is 13.7 Å². The van der Waals surface area contributed by atoms with Crippen LogP contribution in [0.25, 0.3) is 0 Å². The molecule has 0 spiro atoms. The van der Waals surface area contributed by atoms with E-state index in [4.69, 9.17) is 9.05 Å². The van der Waals surface area contributed by atoms with Gasteiger partial charge < -0.3 is 19.8 Å². The van der Waals surface area contributed by atoms with Crippen LogP contribution in [0.15, 0.2) is 146 Å². The smallest absolute Gasteiger partial charge is 0.387 e. The third-order valence-corrected chi connectivity index (χ3v) is 11.3. The van der Waals surface area contributed by atoms with Gasteiger partial charge in [0.05, 0.1) is 39.9 Å². The lowest BCUT2D eigenvalue weighted by Crippen LogP contribution is -2.45. The first kappa shape index (κ1) is 63.4. The minimum atomic E-state index is -4.35. The molecule has 0 heterocycles. The van der Waals surface area contributed by atoms with E-state index < -0.39 is 20.0 Å². The van der Waals surface area contributed by atoms with Gasteiger partial charge in [0.1, 0.15) is 13.2 Å². The molecule has 0 aliphatic heterocycles. The number of rotatable bonds is 44. The highest BCUT2D eigenvalue weighted by Crippen LogP contribution is 2.43. The van der Waals surface area contributed by atoms with E-state index in [0.717, 1.165) is 135 Å². The van der Waals surface area contributed by atoms with Crippen molar-refractivity contribution < 1.29 is 32.9 Å². The number of likely N-dealkylation sites (N-methyl/N-ethyl adjacent to an activating group) is 1. The van der Waals surface area contributed by atoms with E-state index in [2.05, 4.69) is 153 Å². The number of quaternary nitrogens is 1. The average Bonchev–Trinajstić information content (AvgIpc) is 3.29. The van der Waals surface area contributed by atoms with Crippen molar-refractivity contribution in [3.05, 3.63) is 146 Å². The Labute approximate surface area is 410 Å². The largest absolute Gasteiger partial charge is 0.472 e. The summed E-state index contributed by atoms with van der Waals surface area (Å²) in [5.41, 5.74) is 0. The molecule has 0 rings (SSSR count). The number of carbonyl (C=O) groups is 1. The highest BCUT2D eigenvalue weighted by Gasteiger charge is 2.27. The molecular formula is C58H96N2O6P+. The zero-order chi connectivity index (χ0) is 49.2. The first-order chi connectivity index (χ1) is 32.5. The number of allylic oxidation sites excluding steroid dienone is 23. The molecule has 0 bridgehead atoms. The summed E-state index contributed by atoms with van der Waals surface area (Å²) in [5.74, 6) is -0.214. The van der Waals surface area contributed by atoms with Gasteiger partial charge in [-0.05, 0) is 103 Å². The number of hydrogen-bond acceptors (Lipinski definition) is 5. The standard InChI is InChI=1S/C58H95N2O6P/c1-6-8-10-12-14-16-17-18-19-20-21-22-23-24-25-26-27-28-29-30-31-32-33-34-35-36-37-38-39-40-41-42-43-44-46-48-50-52-58(62)59-56(55-66-67(63,64)65-54-53-60(3,4)5)57(61)51-49-47-45-15-13-11-9-7-2/h8,10,13-16,18-19,21-22,24-25,27-28,30-31,33-34,36-37,39-40,49,51,56-57,61H,6-7,9,11-12,17,20,23,26,29,32,35,38,41-48,50,52-55H2,1-5H3,(H-,59,62,63,64)/p+1/b10-8-,15-13+,16-14-,19-18-,22-21-,25-24-,28-27-,31-30-,34-33-,37-36-,40-39-,51-49+. The number of carbonyl (C=O) groups excluding carboxylic acids is 1. The molecule has 8 nitrogen and oxygen atoms in total. The van der Waals surface area contributed by atoms with E-state index in [1.165, 1.54) is 6.42 Å². The van der Waals surface area contributed by atoms with E-state index in [9.17, 15) is 19.4 Å². The number of aliphatic hydroxyl groups excluding tert-OH is 1. The molecule has 3 N–H and O–H groups in total. The maximum Gasteiger partial charge on any atom is 0.472 e. The summed E-state index contributed by atoms with van der Waals surface area (Å²) in [5, 5.41) is 13.7. The van der Waals surface area contributed by atoms with Crippen LogP contribution in [0.1, 0.15) is 162 Å². The topological polar surface area (TPSA) is 105 Å². The van der Waals surface area contributed by atoms with Crippen molar-refractivity contribution in [2.75, 3.05) is 40.9 Å². The lowest BCUT2D eigenvalue weighted by molar-refractivity contribution is -0.870. The van der Waals surface area contributed by atoms with Crippen LogP contribution < -0.4 is 5.32 Å². The van der Waals surface area contributed by atoms with Gasteiger partial charge >= 0.3 is 7.82 Å². The minimum absolute atomic E-state index is 0.0443. The second kappa shape index (κ2) is 47.4. The first-order valence-corrected chi connectivity index (χ1v) is 27.2. The van der Waals surface area contributed by atoms with Gasteiger partial charge in [-0.2, -0.15) is 0 Å². The number of nitrogens with one attached hydrogen (secondary N) is 1. The van der Waals surface area contributed by atoms with Crippen LogP contribution in [0.5, 0.6) is 0 Å². The van der Waals surface area contributed by atoms with E-state index in [-0.39, 0.29) is 19.1 Å². The SMILES string of the molecule is CC/C=C\C/C=C\C/C=C\C/C=C\C/C=C\C/C=C\C/C=C\C/C=C\C/C=C\C/C=C\CCCCCCCCC(=O)NC(COP(=O)(O)OCC[N+](C)(C)C)C(O)/C=C/CC/C=C/CCCC. The van der Waals surface area contributed by atoms with Crippen LogP contribution in [-0.2, 0) is 18.4 Å². The van der Waals surface area contributed by atoms with Gasteiger partial charge in [0.2, 0.25) is 5.91 Å². The fourth-order valence-electron chi connectivity index (χ4n) is 6.24. The molecule has 0 saturated carbocycles. The summed E-state index contributed by atoms with van der Waals surface area (Å²) in [7, 11) is 1.51. The third kappa shape index (κ3) is 50.1. The van der Waals surface area contributed by atoms with Crippen molar-refractivity contribution in [1.29, 1.82) is 0 Å². The maximum atomic E-state index is 12.9. The molecule has 1 amide bonds. The van der Waals surface area contributed by atoms with E-state index >= 15 is 0 Å². The summed E-state index contributed by atoms with van der Waals surface area (Å²) in [6, 6.07) is -0.879. The third-order valence-electron chi connectivity index (χ3n) is 10.3. The minimum Gasteiger partial charge on any atom is -0.387 e. The molecule has 67 heavy (non-hydrogen) atoms. The molecule has 378 valence electrons. The quantitative estimate of drug-likeness (QED) is 0.0243. The molecule has 0 aliphatic rings. The normalized spacial score (nSPS) is 15.3. The average molecular weight is 948 g/mol. The second-order valence-corrected chi connectivity index (χ2v) is 19.3. The van der Waals surface area contributed by atoms with Gasteiger partial charge in [-0.15, -0.1) is 0 Å². The lowest BCUT2D eigenvalue weighted by atomic mass is 10.1. The monoisotopic (exact) mass is 948 g/mol. The molecular weight excluding hydrogens is 852 g/mol. The molecule has 0 radical (unpaired) electrons. The zero-order valence-electron chi connectivity index (χ0n) is 42.8. The van der Waals surface area contributed by atoms with Crippen molar-refractivity contribution in [2.24, 2.45) is 0 Å². The Morgan fingerprint density at radius 3 is 1.37 bits per heavy atom. The van der Waals surface area contributed by atoms with Gasteiger partial charge in [0.25, 0.3) is 0 Å². The summed E-state index contributed by atoms with van der Waals surface area (Å²) >= 11 is 0. The second-order valence-electron chi connectivity index (χ2n) is 17.8. The van der Waals surface area contributed by atoms with Gasteiger partial charge in [-0.25, -0.2) is 4.57 Å². The number of phosphoric acid groups is 1. The molecule has 9 heteroatoms. The van der Waals surface area contributed by atoms with Crippen LogP contribution in [0.4, 0.5) is 0 Å². The van der Waals surface area contributed by atoms with Crippen molar-refractivity contribution in [1.82, 2.24) is 5.32 Å². The molecule has 3 unspecified atom stereocenters. The Hall–Kier alpha value is -3.62. The predicted octanol–water partition coefficient (Wildman–Crippen LogP) is 15.4. The number of amides is 1. The summed E-state index contributed by atoms with van der Waals surface area (Å²) < 4.78 is 23.5. The summed E-state index contributed by atoms with van der Waals surface area (Å²) in [4.78, 5) is 23.1. The van der Waals surface area contributed by atoms with Gasteiger partial charge in [-0.3, -0.25) is 13.8 Å². The van der Waals surface area contributed by atoms with Crippen molar-refractivity contribution in [3.63, 3.8) is 0 Å². The summed E-state index contributed by atoms with van der Waals surface area (Å²) in [6.07, 6.45) is 73.9. The summed E-state index contributed by atoms with van der Waals surface area (Å²) in [6.45, 7) is 4.55. The number of nitrogens with zero attached hydrogens (tertiary/aromatic N) is 1. The van der Waals surface area contributed by atoms with Gasteiger partial charge in [0.15, 0.2) is 0 Å². The highest BCUT2D eigenvalue weighted by molar-refractivity contribution is 7.47. The molecule has 0 aromatic heterocycles. The van der Waals surface area contributed by atoms with Crippen LogP contribution in [0, 0.1) is 0 Å². The Balaban J connectivity index is 4.13. The Morgan fingerprint density at radius 2 is 0.910 bits per heavy atom. The predicted molar refractivity (Wildman–Crippen MR) is 290 cm³/mol. The van der Waals surface area contributed by atoms with Crippen LogP contribution in [0.3, 0.4) is 0 Å². The Morgan fingerprint density at radius 1 is 0.522 bits per heavy atom. The highest BCUT2D eigenvalue weighted by atomic mass is 31.2. The van der Waals surface area contributed by atoms with E-state index in [1.54, 1.807) is 6.08 Å².